The Kier molecular flexibility index (Phi) is 5.69. The third-order valence-electron chi connectivity index (χ3n) is 3.70. The monoisotopic (exact) mass is 369 g/mol. The first kappa shape index (κ1) is 18.8. The molecule has 3 aromatic rings. The van der Waals surface area contributed by atoms with E-state index >= 15 is 0 Å². The number of hydrogen-bond acceptors (Lipinski definition) is 2. The summed E-state index contributed by atoms with van der Waals surface area (Å²) < 4.78 is 37.5. The molecule has 4 nitrogen and oxygen atoms in total. The molecule has 0 fully saturated rings. The summed E-state index contributed by atoms with van der Waals surface area (Å²) in [5.41, 5.74) is 1.59. The number of nitrogens with one attached hydrogen (secondary N) is 2. The molecular weight excluding hydrogens is 355 g/mol. The van der Waals surface area contributed by atoms with Crippen LogP contribution in [0.15, 0.2) is 48.7 Å². The van der Waals surface area contributed by atoms with Crippen LogP contribution in [0.3, 0.4) is 0 Å². The van der Waals surface area contributed by atoms with Crippen molar-refractivity contribution in [2.75, 3.05) is 0 Å². The quantitative estimate of drug-likeness (QED) is 0.733. The Morgan fingerprint density at radius 3 is 2.52 bits per heavy atom. The molecule has 0 aliphatic carbocycles. The minimum Gasteiger partial charge on any atom is -0.352 e. The molecule has 2 N–H and O–H groups in total. The summed E-state index contributed by atoms with van der Waals surface area (Å²) in [7, 11) is 0. The largest absolute Gasteiger partial charge is 0.416 e. The summed E-state index contributed by atoms with van der Waals surface area (Å²) in [6.45, 7) is 0.179. The zero-order valence-electron chi connectivity index (χ0n) is 12.9. The zero-order chi connectivity index (χ0) is 17.2. The zero-order valence-corrected chi connectivity index (χ0v) is 13.7. The number of rotatable bonds is 4. The topological polar surface area (TPSA) is 57.8 Å². The number of H-pyrrole nitrogens is 1. The van der Waals surface area contributed by atoms with E-state index < -0.39 is 11.7 Å². The van der Waals surface area contributed by atoms with E-state index in [9.17, 15) is 18.0 Å². The lowest BCUT2D eigenvalue weighted by Crippen LogP contribution is -2.24. The Bertz CT molecular complexity index is 859. The number of alkyl halides is 3. The van der Waals surface area contributed by atoms with E-state index in [0.29, 0.717) is 5.56 Å². The summed E-state index contributed by atoms with van der Waals surface area (Å²) in [4.78, 5) is 12.1. The van der Waals surface area contributed by atoms with Gasteiger partial charge in [0, 0.05) is 11.9 Å². The highest BCUT2D eigenvalue weighted by molar-refractivity contribution is 5.87. The van der Waals surface area contributed by atoms with Crippen LogP contribution in [-0.4, -0.2) is 16.1 Å². The number of aromatic amines is 1. The molecule has 0 aliphatic heterocycles. The first-order chi connectivity index (χ1) is 11.4. The van der Waals surface area contributed by atoms with Crippen molar-refractivity contribution in [2.24, 2.45) is 0 Å². The van der Waals surface area contributed by atoms with Crippen LogP contribution in [-0.2, 0) is 23.9 Å². The van der Waals surface area contributed by atoms with Crippen molar-refractivity contribution >= 4 is 29.2 Å². The van der Waals surface area contributed by atoms with E-state index in [1.807, 2.05) is 18.2 Å². The molecule has 0 atom stereocenters. The van der Waals surface area contributed by atoms with Gasteiger partial charge in [0.05, 0.1) is 23.7 Å². The molecule has 0 bridgehead atoms. The molecule has 0 aliphatic rings. The molecule has 0 radical (unpaired) electrons. The van der Waals surface area contributed by atoms with E-state index in [2.05, 4.69) is 15.5 Å². The fourth-order valence-corrected chi connectivity index (χ4v) is 2.43. The molecule has 0 spiro atoms. The van der Waals surface area contributed by atoms with Crippen LogP contribution < -0.4 is 5.32 Å². The molecule has 3 rings (SSSR count). The minimum absolute atomic E-state index is 0. The van der Waals surface area contributed by atoms with E-state index in [-0.39, 0.29) is 31.3 Å². The number of nitrogens with zero attached hydrogens (tertiary/aromatic N) is 1. The van der Waals surface area contributed by atoms with Crippen LogP contribution >= 0.6 is 12.4 Å². The number of hydrogen-bond donors (Lipinski definition) is 2. The summed E-state index contributed by atoms with van der Waals surface area (Å²) in [5.74, 6) is -0.205. The maximum absolute atomic E-state index is 12.5. The Labute approximate surface area is 147 Å². The van der Waals surface area contributed by atoms with Crippen molar-refractivity contribution < 1.29 is 18.0 Å². The summed E-state index contributed by atoms with van der Waals surface area (Å²) in [5, 5.41) is 10.4. The second-order valence-electron chi connectivity index (χ2n) is 5.40. The molecule has 0 unspecified atom stereocenters. The van der Waals surface area contributed by atoms with Crippen molar-refractivity contribution in [3.63, 3.8) is 0 Å². The Morgan fingerprint density at radius 1 is 1.12 bits per heavy atom. The Hall–Kier alpha value is -2.54. The number of halogens is 4. The Morgan fingerprint density at radius 2 is 1.84 bits per heavy atom. The van der Waals surface area contributed by atoms with Crippen LogP contribution in [0.4, 0.5) is 13.2 Å². The molecule has 1 aromatic heterocycles. The average molecular weight is 370 g/mol. The molecule has 0 saturated heterocycles. The van der Waals surface area contributed by atoms with Crippen LogP contribution in [0.1, 0.15) is 16.7 Å². The van der Waals surface area contributed by atoms with E-state index in [4.69, 9.17) is 0 Å². The number of carbonyl (C=O) groups is 1. The second-order valence-corrected chi connectivity index (χ2v) is 5.40. The standard InChI is InChI=1S/C17H14F3N3O.ClH/c18-17(19,20)13-6-4-11(5-7-13)9-21-16(24)8-12-2-1-3-15-14(12)10-22-23-15;/h1-7,10H,8-9H2,(H,21,24)(H,22,23);1H. The van der Waals surface area contributed by atoms with Gasteiger partial charge in [-0.2, -0.15) is 18.3 Å². The van der Waals surface area contributed by atoms with Gasteiger partial charge in [-0.05, 0) is 29.3 Å². The van der Waals surface area contributed by atoms with Crippen LogP contribution in [0.25, 0.3) is 10.9 Å². The predicted octanol–water partition coefficient (Wildman–Crippen LogP) is 3.86. The molecular formula is C17H15ClF3N3O. The molecule has 1 heterocycles. The van der Waals surface area contributed by atoms with E-state index in [1.54, 1.807) is 6.20 Å². The van der Waals surface area contributed by atoms with Crippen molar-refractivity contribution in [1.29, 1.82) is 0 Å². The van der Waals surface area contributed by atoms with Gasteiger partial charge in [-0.25, -0.2) is 0 Å². The maximum Gasteiger partial charge on any atom is 0.416 e. The van der Waals surface area contributed by atoms with Crippen LogP contribution in [0, 0.1) is 0 Å². The van der Waals surface area contributed by atoms with Crippen molar-refractivity contribution in [1.82, 2.24) is 15.5 Å². The number of benzene rings is 2. The molecule has 1 amide bonds. The first-order valence-corrected chi connectivity index (χ1v) is 7.27. The van der Waals surface area contributed by atoms with Gasteiger partial charge in [-0.15, -0.1) is 12.4 Å². The second kappa shape index (κ2) is 7.57. The van der Waals surface area contributed by atoms with Crippen molar-refractivity contribution in [3.8, 4) is 0 Å². The molecule has 25 heavy (non-hydrogen) atoms. The van der Waals surface area contributed by atoms with E-state index in [1.165, 1.54) is 12.1 Å². The fourth-order valence-electron chi connectivity index (χ4n) is 2.43. The summed E-state index contributed by atoms with van der Waals surface area (Å²) in [6, 6.07) is 10.3. The minimum atomic E-state index is -4.36. The molecule has 132 valence electrons. The SMILES string of the molecule is Cl.O=C(Cc1cccc2[nH]ncc12)NCc1ccc(C(F)(F)F)cc1. The van der Waals surface area contributed by atoms with E-state index in [0.717, 1.165) is 28.6 Å². The van der Waals surface area contributed by atoms with Gasteiger partial charge >= 0.3 is 6.18 Å². The van der Waals surface area contributed by atoms with Crippen molar-refractivity contribution in [2.45, 2.75) is 19.1 Å². The van der Waals surface area contributed by atoms with Crippen molar-refractivity contribution in [3.05, 3.63) is 65.4 Å². The molecule has 8 heteroatoms. The highest BCUT2D eigenvalue weighted by Crippen LogP contribution is 2.29. The molecule has 0 saturated carbocycles. The lowest BCUT2D eigenvalue weighted by atomic mass is 10.1. The average Bonchev–Trinajstić information content (AvgIpc) is 3.02. The lowest BCUT2D eigenvalue weighted by Gasteiger charge is -2.09. The number of amides is 1. The third kappa shape index (κ3) is 4.51. The van der Waals surface area contributed by atoms with Gasteiger partial charge in [0.2, 0.25) is 5.91 Å². The highest BCUT2D eigenvalue weighted by atomic mass is 35.5. The van der Waals surface area contributed by atoms with Gasteiger partial charge in [0.25, 0.3) is 0 Å². The summed E-state index contributed by atoms with van der Waals surface area (Å²) >= 11 is 0. The van der Waals surface area contributed by atoms with Gasteiger partial charge in [-0.3, -0.25) is 9.89 Å². The number of carbonyl (C=O) groups excluding carboxylic acids is 1. The highest BCUT2D eigenvalue weighted by Gasteiger charge is 2.29. The smallest absolute Gasteiger partial charge is 0.352 e. The maximum atomic E-state index is 12.5. The van der Waals surface area contributed by atoms with Crippen LogP contribution in [0.5, 0.6) is 0 Å². The predicted molar refractivity (Wildman–Crippen MR) is 90.3 cm³/mol. The number of aromatic nitrogens is 2. The van der Waals surface area contributed by atoms with Gasteiger partial charge < -0.3 is 5.32 Å². The number of fused-ring (bicyclic) bond motifs is 1. The third-order valence-corrected chi connectivity index (χ3v) is 3.70. The normalized spacial score (nSPS) is 11.2. The van der Waals surface area contributed by atoms with Crippen LogP contribution in [0.2, 0.25) is 0 Å². The molecule has 2 aromatic carbocycles. The summed E-state index contributed by atoms with van der Waals surface area (Å²) in [6.07, 6.45) is -2.52. The lowest BCUT2D eigenvalue weighted by molar-refractivity contribution is -0.137. The van der Waals surface area contributed by atoms with Gasteiger partial charge in [0.1, 0.15) is 0 Å². The first-order valence-electron chi connectivity index (χ1n) is 7.27. The van der Waals surface area contributed by atoms with Gasteiger partial charge in [-0.1, -0.05) is 24.3 Å². The Balaban J connectivity index is 0.00000225. The van der Waals surface area contributed by atoms with Gasteiger partial charge in [0.15, 0.2) is 0 Å². The fraction of sp³-hybridized carbons (Fsp3) is 0.176.